The van der Waals surface area contributed by atoms with Crippen molar-refractivity contribution in [3.63, 3.8) is 0 Å². The van der Waals surface area contributed by atoms with E-state index in [1.165, 1.54) is 0 Å². The van der Waals surface area contributed by atoms with E-state index in [4.69, 9.17) is 5.73 Å². The van der Waals surface area contributed by atoms with E-state index in [1.54, 1.807) is 10.9 Å². The van der Waals surface area contributed by atoms with Gasteiger partial charge in [0.2, 0.25) is 0 Å². The Balaban J connectivity index is 3.11. The summed E-state index contributed by atoms with van der Waals surface area (Å²) >= 11 is 3.35. The third kappa shape index (κ3) is 2.63. The van der Waals surface area contributed by atoms with Crippen LogP contribution in [0.1, 0.15) is 38.8 Å². The van der Waals surface area contributed by atoms with Gasteiger partial charge in [-0.15, -0.1) is 0 Å². The number of nitrogens with zero attached hydrogens (tertiary/aromatic N) is 2. The molecule has 1 aromatic heterocycles. The molecular weight excluding hydrogens is 273 g/mol. The first-order valence-corrected chi connectivity index (χ1v) is 6.49. The minimum absolute atomic E-state index is 0.00511. The molecular formula is C11H19BrFN3. The van der Waals surface area contributed by atoms with Crippen LogP contribution in [0.25, 0.3) is 0 Å². The second-order valence-electron chi connectivity index (χ2n) is 3.98. The number of alkyl halides is 1. The van der Waals surface area contributed by atoms with E-state index in [9.17, 15) is 4.39 Å². The molecule has 0 saturated carbocycles. The lowest BCUT2D eigenvalue weighted by molar-refractivity contribution is 0.144. The molecule has 5 heteroatoms. The molecule has 92 valence electrons. The first-order valence-electron chi connectivity index (χ1n) is 5.69. The SMILES string of the molecule is CCCn1ncc(Br)c1C(F)(CN)CCC. The number of aromatic nitrogens is 2. The average Bonchev–Trinajstić information content (AvgIpc) is 2.61. The number of nitrogens with two attached hydrogens (primary N) is 1. The summed E-state index contributed by atoms with van der Waals surface area (Å²) in [7, 11) is 0. The lowest BCUT2D eigenvalue weighted by Gasteiger charge is -2.24. The average molecular weight is 292 g/mol. The van der Waals surface area contributed by atoms with Gasteiger partial charge in [-0.25, -0.2) is 4.39 Å². The molecule has 1 heterocycles. The highest BCUT2D eigenvalue weighted by molar-refractivity contribution is 9.10. The summed E-state index contributed by atoms with van der Waals surface area (Å²) in [6.45, 7) is 4.71. The first kappa shape index (κ1) is 13.6. The van der Waals surface area contributed by atoms with Crippen LogP contribution in [0.2, 0.25) is 0 Å². The molecule has 0 aliphatic carbocycles. The monoisotopic (exact) mass is 291 g/mol. The Bertz CT molecular complexity index is 340. The van der Waals surface area contributed by atoms with Gasteiger partial charge in [-0.1, -0.05) is 20.3 Å². The van der Waals surface area contributed by atoms with Crippen molar-refractivity contribution in [1.82, 2.24) is 9.78 Å². The van der Waals surface area contributed by atoms with Crippen LogP contribution >= 0.6 is 15.9 Å². The van der Waals surface area contributed by atoms with Crippen molar-refractivity contribution in [1.29, 1.82) is 0 Å². The summed E-state index contributed by atoms with van der Waals surface area (Å²) in [5, 5.41) is 4.18. The third-order valence-corrected chi connectivity index (χ3v) is 3.20. The minimum Gasteiger partial charge on any atom is -0.327 e. The molecule has 0 aliphatic rings. The normalized spacial score (nSPS) is 15.1. The van der Waals surface area contributed by atoms with Crippen LogP contribution in [0, 0.1) is 0 Å². The molecule has 0 spiro atoms. The van der Waals surface area contributed by atoms with Gasteiger partial charge in [-0.2, -0.15) is 5.10 Å². The van der Waals surface area contributed by atoms with Crippen molar-refractivity contribution in [2.75, 3.05) is 6.54 Å². The molecule has 1 rings (SSSR count). The smallest absolute Gasteiger partial charge is 0.165 e. The van der Waals surface area contributed by atoms with Gasteiger partial charge in [-0.05, 0) is 28.8 Å². The third-order valence-electron chi connectivity index (χ3n) is 2.62. The van der Waals surface area contributed by atoms with Gasteiger partial charge in [0.1, 0.15) is 0 Å². The summed E-state index contributed by atoms with van der Waals surface area (Å²) in [5.74, 6) is 0. The maximum Gasteiger partial charge on any atom is 0.165 e. The van der Waals surface area contributed by atoms with Crippen molar-refractivity contribution in [3.8, 4) is 0 Å². The molecule has 0 amide bonds. The molecule has 0 aromatic carbocycles. The largest absolute Gasteiger partial charge is 0.327 e. The highest BCUT2D eigenvalue weighted by Crippen LogP contribution is 2.35. The van der Waals surface area contributed by atoms with Crippen molar-refractivity contribution >= 4 is 15.9 Å². The van der Waals surface area contributed by atoms with Gasteiger partial charge in [0.05, 0.1) is 16.4 Å². The van der Waals surface area contributed by atoms with Gasteiger partial charge in [-0.3, -0.25) is 4.68 Å². The molecule has 0 bridgehead atoms. The van der Waals surface area contributed by atoms with Crippen LogP contribution < -0.4 is 5.73 Å². The summed E-state index contributed by atoms with van der Waals surface area (Å²) in [4.78, 5) is 0. The second-order valence-corrected chi connectivity index (χ2v) is 4.84. The Hall–Kier alpha value is -0.420. The van der Waals surface area contributed by atoms with Crippen LogP contribution in [0.4, 0.5) is 4.39 Å². The van der Waals surface area contributed by atoms with E-state index in [0.29, 0.717) is 16.6 Å². The summed E-state index contributed by atoms with van der Waals surface area (Å²) in [6.07, 6.45) is 3.76. The van der Waals surface area contributed by atoms with E-state index < -0.39 is 5.67 Å². The molecule has 16 heavy (non-hydrogen) atoms. The van der Waals surface area contributed by atoms with Gasteiger partial charge in [0, 0.05) is 13.1 Å². The predicted molar refractivity (Wildman–Crippen MR) is 67.0 cm³/mol. The quantitative estimate of drug-likeness (QED) is 0.876. The second kappa shape index (κ2) is 5.77. The van der Waals surface area contributed by atoms with Gasteiger partial charge >= 0.3 is 0 Å². The van der Waals surface area contributed by atoms with Crippen molar-refractivity contribution in [2.45, 2.75) is 45.3 Å². The lowest BCUT2D eigenvalue weighted by atomic mass is 9.96. The highest BCUT2D eigenvalue weighted by Gasteiger charge is 2.35. The zero-order valence-corrected chi connectivity index (χ0v) is 11.4. The fourth-order valence-corrected chi connectivity index (χ4v) is 2.55. The van der Waals surface area contributed by atoms with E-state index >= 15 is 0 Å². The van der Waals surface area contributed by atoms with Crippen LogP contribution in [0.15, 0.2) is 10.7 Å². The summed E-state index contributed by atoms with van der Waals surface area (Å²) in [5.41, 5.74) is 4.69. The van der Waals surface area contributed by atoms with Crippen LogP contribution in [0.5, 0.6) is 0 Å². The van der Waals surface area contributed by atoms with E-state index in [2.05, 4.69) is 21.0 Å². The first-order chi connectivity index (χ1) is 7.59. The molecule has 0 saturated heterocycles. The Morgan fingerprint density at radius 2 is 2.19 bits per heavy atom. The Labute approximate surface area is 104 Å². The van der Waals surface area contributed by atoms with Crippen LogP contribution in [-0.4, -0.2) is 16.3 Å². The standard InChI is InChI=1S/C11H19BrFN3/c1-3-5-11(13,8-14)10-9(12)7-15-16(10)6-4-2/h7H,3-6,8,14H2,1-2H3. The van der Waals surface area contributed by atoms with Gasteiger partial charge in [0.25, 0.3) is 0 Å². The summed E-state index contributed by atoms with van der Waals surface area (Å²) in [6, 6.07) is 0. The summed E-state index contributed by atoms with van der Waals surface area (Å²) < 4.78 is 17.1. The minimum atomic E-state index is -1.47. The number of aryl methyl sites for hydroxylation is 1. The van der Waals surface area contributed by atoms with E-state index in [1.807, 2.05) is 13.8 Å². The molecule has 0 radical (unpaired) electrons. The Morgan fingerprint density at radius 3 is 2.69 bits per heavy atom. The van der Waals surface area contributed by atoms with Gasteiger partial charge < -0.3 is 5.73 Å². The zero-order valence-electron chi connectivity index (χ0n) is 9.84. The number of halogens is 2. The molecule has 1 atom stereocenters. The fraction of sp³-hybridized carbons (Fsp3) is 0.727. The topological polar surface area (TPSA) is 43.8 Å². The molecule has 1 aromatic rings. The number of hydrogen-bond acceptors (Lipinski definition) is 2. The van der Waals surface area contributed by atoms with Crippen molar-refractivity contribution in [2.24, 2.45) is 5.73 Å². The predicted octanol–water partition coefficient (Wildman–Crippen LogP) is 2.98. The molecule has 3 nitrogen and oxygen atoms in total. The highest BCUT2D eigenvalue weighted by atomic mass is 79.9. The Morgan fingerprint density at radius 1 is 1.50 bits per heavy atom. The van der Waals surface area contributed by atoms with Gasteiger partial charge in [0.15, 0.2) is 5.67 Å². The number of hydrogen-bond donors (Lipinski definition) is 1. The lowest BCUT2D eigenvalue weighted by Crippen LogP contribution is -2.33. The van der Waals surface area contributed by atoms with Crippen LogP contribution in [-0.2, 0) is 12.2 Å². The van der Waals surface area contributed by atoms with Crippen LogP contribution in [0.3, 0.4) is 0 Å². The zero-order chi connectivity index (χ0) is 12.2. The van der Waals surface area contributed by atoms with Crippen molar-refractivity contribution < 1.29 is 4.39 Å². The molecule has 1 unspecified atom stereocenters. The molecule has 0 fully saturated rings. The van der Waals surface area contributed by atoms with E-state index in [0.717, 1.165) is 19.4 Å². The number of rotatable bonds is 6. The van der Waals surface area contributed by atoms with Crippen molar-refractivity contribution in [3.05, 3.63) is 16.4 Å². The Kier molecular flexibility index (Phi) is 4.92. The molecule has 0 aliphatic heterocycles. The fourth-order valence-electron chi connectivity index (χ4n) is 1.90. The maximum absolute atomic E-state index is 14.7. The molecule has 2 N–H and O–H groups in total. The maximum atomic E-state index is 14.7. The van der Waals surface area contributed by atoms with E-state index in [-0.39, 0.29) is 6.54 Å².